The van der Waals surface area contributed by atoms with Gasteiger partial charge in [-0.05, 0) is 19.5 Å². The molecule has 0 fully saturated rings. The van der Waals surface area contributed by atoms with Gasteiger partial charge in [-0.15, -0.1) is 0 Å². The van der Waals surface area contributed by atoms with Crippen molar-refractivity contribution in [3.63, 3.8) is 0 Å². The molecule has 5 nitrogen and oxygen atoms in total. The molecule has 6 heteroatoms. The van der Waals surface area contributed by atoms with E-state index in [4.69, 9.17) is 0 Å². The van der Waals surface area contributed by atoms with Crippen molar-refractivity contribution in [1.29, 1.82) is 0 Å². The van der Waals surface area contributed by atoms with Crippen LogP contribution in [0, 0.1) is 0 Å². The van der Waals surface area contributed by atoms with E-state index in [1.54, 1.807) is 12.3 Å². The zero-order valence-corrected chi connectivity index (χ0v) is 11.5. The molecule has 0 atom stereocenters. The minimum absolute atomic E-state index is 0.345. The van der Waals surface area contributed by atoms with Gasteiger partial charge in [0.1, 0.15) is 0 Å². The monoisotopic (exact) mass is 259 g/mol. The zero-order chi connectivity index (χ0) is 12.9. The number of nitrogens with one attached hydrogen (secondary N) is 2. The molecule has 0 saturated heterocycles. The molecule has 1 rings (SSSR count). The van der Waals surface area contributed by atoms with Crippen LogP contribution in [0.1, 0.15) is 26.0 Å². The van der Waals surface area contributed by atoms with Crippen molar-refractivity contribution < 1.29 is 8.42 Å². The van der Waals surface area contributed by atoms with E-state index in [0.29, 0.717) is 24.5 Å². The van der Waals surface area contributed by atoms with Crippen molar-refractivity contribution in [2.75, 3.05) is 20.1 Å². The number of hydrogen-bond donors (Lipinski definition) is 2. The lowest BCUT2D eigenvalue weighted by atomic mass is 10.4. The van der Waals surface area contributed by atoms with Gasteiger partial charge in [-0.2, -0.15) is 4.31 Å². The standard InChI is InChI=1S/C11H21N3O2S/c1-4-6-14(5-2)17(15,16)11-7-10(8-12-3)13-9-11/h7,9,12-13H,4-6,8H2,1-3H3. The van der Waals surface area contributed by atoms with Crippen LogP contribution in [0.15, 0.2) is 17.2 Å². The quantitative estimate of drug-likeness (QED) is 0.772. The maximum Gasteiger partial charge on any atom is 0.244 e. The van der Waals surface area contributed by atoms with E-state index in [0.717, 1.165) is 12.1 Å². The summed E-state index contributed by atoms with van der Waals surface area (Å²) in [5.41, 5.74) is 0.874. The highest BCUT2D eigenvalue weighted by Gasteiger charge is 2.23. The first-order chi connectivity index (χ1) is 8.06. The van der Waals surface area contributed by atoms with Crippen molar-refractivity contribution in [1.82, 2.24) is 14.6 Å². The third kappa shape index (κ3) is 3.31. The molecule has 0 amide bonds. The van der Waals surface area contributed by atoms with Gasteiger partial charge in [-0.3, -0.25) is 0 Å². The summed E-state index contributed by atoms with van der Waals surface area (Å²) in [5, 5.41) is 2.98. The Morgan fingerprint density at radius 2 is 2.12 bits per heavy atom. The molecule has 0 bridgehead atoms. The molecule has 2 N–H and O–H groups in total. The van der Waals surface area contributed by atoms with E-state index in [9.17, 15) is 8.42 Å². The van der Waals surface area contributed by atoms with Crippen LogP contribution in [0.5, 0.6) is 0 Å². The third-order valence-electron chi connectivity index (χ3n) is 2.55. The topological polar surface area (TPSA) is 65.2 Å². The summed E-state index contributed by atoms with van der Waals surface area (Å²) in [4.78, 5) is 3.31. The molecule has 0 aliphatic heterocycles. The van der Waals surface area contributed by atoms with Gasteiger partial charge in [0.2, 0.25) is 10.0 Å². The van der Waals surface area contributed by atoms with Crippen molar-refractivity contribution in [3.05, 3.63) is 18.0 Å². The Balaban J connectivity index is 2.94. The van der Waals surface area contributed by atoms with E-state index in [2.05, 4.69) is 10.3 Å². The van der Waals surface area contributed by atoms with Crippen molar-refractivity contribution >= 4 is 10.0 Å². The van der Waals surface area contributed by atoms with Crippen molar-refractivity contribution in [2.45, 2.75) is 31.7 Å². The Kier molecular flexibility index (Phi) is 5.17. The molecule has 98 valence electrons. The van der Waals surface area contributed by atoms with E-state index >= 15 is 0 Å². The van der Waals surface area contributed by atoms with Gasteiger partial charge in [0, 0.05) is 31.5 Å². The molecule has 0 saturated carbocycles. The summed E-state index contributed by atoms with van der Waals surface area (Å²) in [6.07, 6.45) is 2.38. The Hall–Kier alpha value is -0.850. The van der Waals surface area contributed by atoms with Gasteiger partial charge in [0.15, 0.2) is 0 Å². The highest BCUT2D eigenvalue weighted by Crippen LogP contribution is 2.16. The largest absolute Gasteiger partial charge is 0.363 e. The number of nitrogens with zero attached hydrogens (tertiary/aromatic N) is 1. The number of hydrogen-bond acceptors (Lipinski definition) is 3. The summed E-state index contributed by atoms with van der Waals surface area (Å²) in [6.45, 7) is 5.53. The lowest BCUT2D eigenvalue weighted by Gasteiger charge is -2.18. The van der Waals surface area contributed by atoms with Crippen LogP contribution >= 0.6 is 0 Å². The molecule has 1 heterocycles. The average molecular weight is 259 g/mol. The number of aromatic nitrogens is 1. The highest BCUT2D eigenvalue weighted by molar-refractivity contribution is 7.89. The van der Waals surface area contributed by atoms with Gasteiger partial charge < -0.3 is 10.3 Å². The first-order valence-corrected chi connectivity index (χ1v) is 7.32. The smallest absolute Gasteiger partial charge is 0.244 e. The first-order valence-electron chi connectivity index (χ1n) is 5.88. The van der Waals surface area contributed by atoms with Crippen LogP contribution in [0.2, 0.25) is 0 Å². The van der Waals surface area contributed by atoms with E-state index in [-0.39, 0.29) is 0 Å². The summed E-state index contributed by atoms with van der Waals surface area (Å²) < 4.78 is 26.0. The second-order valence-electron chi connectivity index (χ2n) is 3.89. The normalized spacial score (nSPS) is 12.2. The molecule has 0 aromatic carbocycles. The zero-order valence-electron chi connectivity index (χ0n) is 10.7. The summed E-state index contributed by atoms with van der Waals surface area (Å²) in [5.74, 6) is 0. The lowest BCUT2D eigenvalue weighted by Crippen LogP contribution is -2.31. The molecule has 1 aromatic rings. The van der Waals surface area contributed by atoms with Gasteiger partial charge >= 0.3 is 0 Å². The number of rotatable bonds is 7. The van der Waals surface area contributed by atoms with Crippen molar-refractivity contribution in [2.24, 2.45) is 0 Å². The minimum Gasteiger partial charge on any atom is -0.363 e. The Morgan fingerprint density at radius 3 is 2.65 bits per heavy atom. The number of sulfonamides is 1. The number of H-pyrrole nitrogens is 1. The molecule has 17 heavy (non-hydrogen) atoms. The Bertz CT molecular complexity index is 439. The highest BCUT2D eigenvalue weighted by atomic mass is 32.2. The van der Waals surface area contributed by atoms with Crippen LogP contribution in [0.3, 0.4) is 0 Å². The van der Waals surface area contributed by atoms with Gasteiger partial charge in [0.25, 0.3) is 0 Å². The van der Waals surface area contributed by atoms with Gasteiger partial charge in [-0.25, -0.2) is 8.42 Å². The van der Waals surface area contributed by atoms with Gasteiger partial charge in [0.05, 0.1) is 4.90 Å². The van der Waals surface area contributed by atoms with Gasteiger partial charge in [-0.1, -0.05) is 13.8 Å². The maximum atomic E-state index is 12.3. The fraction of sp³-hybridized carbons (Fsp3) is 0.636. The summed E-state index contributed by atoms with van der Waals surface area (Å²) in [6, 6.07) is 1.68. The van der Waals surface area contributed by atoms with Crippen molar-refractivity contribution in [3.8, 4) is 0 Å². The van der Waals surface area contributed by atoms with E-state index < -0.39 is 10.0 Å². The Labute approximate surface area is 103 Å². The summed E-state index contributed by atoms with van der Waals surface area (Å²) >= 11 is 0. The summed E-state index contributed by atoms with van der Waals surface area (Å²) in [7, 11) is -1.51. The van der Waals surface area contributed by atoms with Crippen LogP contribution in [0.4, 0.5) is 0 Å². The molecule has 0 radical (unpaired) electrons. The van der Waals surface area contributed by atoms with Crippen LogP contribution < -0.4 is 5.32 Å². The van der Waals surface area contributed by atoms with Crippen LogP contribution in [-0.2, 0) is 16.6 Å². The molecule has 1 aromatic heterocycles. The SMILES string of the molecule is CCCN(CC)S(=O)(=O)c1c[nH]c(CNC)c1. The Morgan fingerprint density at radius 1 is 1.41 bits per heavy atom. The molecule has 0 unspecified atom stereocenters. The average Bonchev–Trinajstić information content (AvgIpc) is 2.75. The lowest BCUT2D eigenvalue weighted by molar-refractivity contribution is 0.427. The predicted octanol–water partition coefficient (Wildman–Crippen LogP) is 1.15. The molecular weight excluding hydrogens is 238 g/mol. The molecular formula is C11H21N3O2S. The molecule has 0 aliphatic rings. The molecule has 0 spiro atoms. The van der Waals surface area contributed by atoms with E-state index in [1.165, 1.54) is 4.31 Å². The number of aromatic amines is 1. The van der Waals surface area contributed by atoms with Crippen LogP contribution in [0.25, 0.3) is 0 Å². The van der Waals surface area contributed by atoms with E-state index in [1.807, 2.05) is 20.9 Å². The first kappa shape index (κ1) is 14.2. The fourth-order valence-electron chi connectivity index (χ4n) is 1.71. The molecule has 0 aliphatic carbocycles. The maximum absolute atomic E-state index is 12.3. The predicted molar refractivity (Wildman–Crippen MR) is 68.3 cm³/mol. The minimum atomic E-state index is -3.34. The fourth-order valence-corrected chi connectivity index (χ4v) is 3.27. The second-order valence-corrected chi connectivity index (χ2v) is 5.83. The van der Waals surface area contributed by atoms with Crippen LogP contribution in [-0.4, -0.2) is 37.8 Å². The third-order valence-corrected chi connectivity index (χ3v) is 4.50. The second kappa shape index (κ2) is 6.18.